The van der Waals surface area contributed by atoms with E-state index in [9.17, 15) is 13.2 Å². The van der Waals surface area contributed by atoms with Crippen LogP contribution in [0.25, 0.3) is 0 Å². The van der Waals surface area contributed by atoms with Crippen molar-refractivity contribution in [3.63, 3.8) is 0 Å². The van der Waals surface area contributed by atoms with Gasteiger partial charge in [-0.15, -0.1) is 0 Å². The highest BCUT2D eigenvalue weighted by Crippen LogP contribution is 2.19. The van der Waals surface area contributed by atoms with Crippen LogP contribution in [0.3, 0.4) is 0 Å². The van der Waals surface area contributed by atoms with Crippen LogP contribution in [-0.2, 0) is 14.8 Å². The van der Waals surface area contributed by atoms with E-state index in [1.165, 1.54) is 0 Å². The number of para-hydroxylation sites is 1. The molecule has 0 aliphatic rings. The van der Waals surface area contributed by atoms with Crippen LogP contribution in [0.2, 0.25) is 0 Å². The quantitative estimate of drug-likeness (QED) is 0.915. The summed E-state index contributed by atoms with van der Waals surface area (Å²) in [6.07, 6.45) is 1.09. The molecule has 0 spiro atoms. The van der Waals surface area contributed by atoms with Gasteiger partial charge in [0.2, 0.25) is 15.9 Å². The largest absolute Gasteiger partial charge is 0.324 e. The summed E-state index contributed by atoms with van der Waals surface area (Å²) in [5, 5.41) is 2.75. The third kappa shape index (κ3) is 4.56. The van der Waals surface area contributed by atoms with Crippen LogP contribution in [0.1, 0.15) is 11.1 Å². The molecule has 122 valence electrons. The van der Waals surface area contributed by atoms with Crippen LogP contribution in [-0.4, -0.2) is 27.1 Å². The standard InChI is InChI=1S/C17H20N2O3S/c1-13-7-6-9-15(11-13)19(23(3,21)22)12-17(20)18-16-10-5-4-8-14(16)2/h4-11H,12H2,1-3H3,(H,18,20). The summed E-state index contributed by atoms with van der Waals surface area (Å²) in [5.74, 6) is -0.383. The van der Waals surface area contributed by atoms with Crippen molar-refractivity contribution in [3.05, 3.63) is 59.7 Å². The van der Waals surface area contributed by atoms with Crippen molar-refractivity contribution in [1.82, 2.24) is 0 Å². The molecule has 1 amide bonds. The molecule has 2 aromatic carbocycles. The molecule has 0 aliphatic carbocycles. The molecule has 0 bridgehead atoms. The fraction of sp³-hybridized carbons (Fsp3) is 0.235. The van der Waals surface area contributed by atoms with Crippen LogP contribution in [0.15, 0.2) is 48.5 Å². The third-order valence-electron chi connectivity index (χ3n) is 3.40. The molecule has 0 radical (unpaired) electrons. The van der Waals surface area contributed by atoms with Gasteiger partial charge in [-0.05, 0) is 43.2 Å². The molecule has 0 aromatic heterocycles. The van der Waals surface area contributed by atoms with Crippen LogP contribution >= 0.6 is 0 Å². The van der Waals surface area contributed by atoms with E-state index in [0.29, 0.717) is 11.4 Å². The molecule has 23 heavy (non-hydrogen) atoms. The van der Waals surface area contributed by atoms with E-state index in [1.54, 1.807) is 24.3 Å². The summed E-state index contributed by atoms with van der Waals surface area (Å²) in [6.45, 7) is 3.48. The summed E-state index contributed by atoms with van der Waals surface area (Å²) >= 11 is 0. The van der Waals surface area contributed by atoms with Crippen molar-refractivity contribution in [1.29, 1.82) is 0 Å². The minimum absolute atomic E-state index is 0.267. The zero-order valence-electron chi connectivity index (χ0n) is 13.4. The van der Waals surface area contributed by atoms with E-state index < -0.39 is 10.0 Å². The first-order valence-corrected chi connectivity index (χ1v) is 9.02. The number of sulfonamides is 1. The molecule has 5 nitrogen and oxygen atoms in total. The molecule has 0 atom stereocenters. The molecule has 0 fully saturated rings. The second-order valence-electron chi connectivity index (χ2n) is 5.47. The number of nitrogens with zero attached hydrogens (tertiary/aromatic N) is 1. The van der Waals surface area contributed by atoms with Crippen LogP contribution in [0, 0.1) is 13.8 Å². The predicted octanol–water partition coefficient (Wildman–Crippen LogP) is 2.71. The number of nitrogens with one attached hydrogen (secondary N) is 1. The first-order valence-electron chi connectivity index (χ1n) is 7.17. The number of hydrogen-bond donors (Lipinski definition) is 1. The highest BCUT2D eigenvalue weighted by molar-refractivity contribution is 7.92. The molecule has 6 heteroatoms. The molecule has 1 N–H and O–H groups in total. The molecular weight excluding hydrogens is 312 g/mol. The highest BCUT2D eigenvalue weighted by atomic mass is 32.2. The summed E-state index contributed by atoms with van der Waals surface area (Å²) in [4.78, 5) is 12.3. The highest BCUT2D eigenvalue weighted by Gasteiger charge is 2.21. The Kier molecular flexibility index (Phi) is 5.05. The van der Waals surface area contributed by atoms with Crippen LogP contribution < -0.4 is 9.62 Å². The van der Waals surface area contributed by atoms with E-state index in [0.717, 1.165) is 21.7 Å². The Morgan fingerprint density at radius 3 is 2.39 bits per heavy atom. The second kappa shape index (κ2) is 6.83. The molecule has 0 heterocycles. The number of aryl methyl sites for hydroxylation is 2. The van der Waals surface area contributed by atoms with Crippen molar-refractivity contribution in [2.45, 2.75) is 13.8 Å². The Balaban J connectivity index is 2.22. The van der Waals surface area contributed by atoms with E-state index in [4.69, 9.17) is 0 Å². The monoisotopic (exact) mass is 332 g/mol. The van der Waals surface area contributed by atoms with Gasteiger partial charge in [0.05, 0.1) is 11.9 Å². The lowest BCUT2D eigenvalue weighted by molar-refractivity contribution is -0.114. The van der Waals surface area contributed by atoms with Crippen molar-refractivity contribution in [2.24, 2.45) is 0 Å². The molecule has 2 aromatic rings. The molecule has 0 aliphatic heterocycles. The maximum atomic E-state index is 12.3. The lowest BCUT2D eigenvalue weighted by Crippen LogP contribution is -2.37. The SMILES string of the molecule is Cc1cccc(N(CC(=O)Nc2ccccc2C)S(C)(=O)=O)c1. The fourth-order valence-electron chi connectivity index (χ4n) is 2.22. The average molecular weight is 332 g/mol. The van der Waals surface area contributed by atoms with Crippen LogP contribution in [0.4, 0.5) is 11.4 Å². The zero-order valence-corrected chi connectivity index (χ0v) is 14.2. The minimum Gasteiger partial charge on any atom is -0.324 e. The Morgan fingerprint density at radius 2 is 1.78 bits per heavy atom. The second-order valence-corrected chi connectivity index (χ2v) is 7.38. The van der Waals surface area contributed by atoms with Crippen molar-refractivity contribution in [3.8, 4) is 0 Å². The summed E-state index contributed by atoms with van der Waals surface area (Å²) in [6, 6.07) is 14.4. The molecular formula is C17H20N2O3S. The Morgan fingerprint density at radius 1 is 1.09 bits per heavy atom. The molecule has 2 rings (SSSR count). The zero-order chi connectivity index (χ0) is 17.0. The Hall–Kier alpha value is -2.34. The normalized spacial score (nSPS) is 11.1. The van der Waals surface area contributed by atoms with Crippen LogP contribution in [0.5, 0.6) is 0 Å². The lowest BCUT2D eigenvalue weighted by atomic mass is 10.2. The first kappa shape index (κ1) is 17.0. The smallest absolute Gasteiger partial charge is 0.245 e. The van der Waals surface area contributed by atoms with Gasteiger partial charge in [-0.1, -0.05) is 30.3 Å². The number of hydrogen-bond acceptors (Lipinski definition) is 3. The van der Waals surface area contributed by atoms with E-state index in [2.05, 4.69) is 5.32 Å². The number of rotatable bonds is 5. The summed E-state index contributed by atoms with van der Waals surface area (Å²) < 4.78 is 25.2. The maximum Gasteiger partial charge on any atom is 0.245 e. The average Bonchev–Trinajstić information content (AvgIpc) is 2.46. The van der Waals surface area contributed by atoms with Crippen molar-refractivity contribution in [2.75, 3.05) is 22.4 Å². The van der Waals surface area contributed by atoms with Gasteiger partial charge in [0, 0.05) is 5.69 Å². The van der Waals surface area contributed by atoms with Gasteiger partial charge in [-0.2, -0.15) is 0 Å². The van der Waals surface area contributed by atoms with Gasteiger partial charge in [-0.25, -0.2) is 8.42 Å². The number of carbonyl (C=O) groups is 1. The Bertz CT molecular complexity index is 816. The topological polar surface area (TPSA) is 66.5 Å². The number of anilines is 2. The molecule has 0 saturated heterocycles. The van der Waals surface area contributed by atoms with Gasteiger partial charge in [0.1, 0.15) is 6.54 Å². The summed E-state index contributed by atoms with van der Waals surface area (Å²) in [7, 11) is -3.56. The Labute approximate surface area is 137 Å². The minimum atomic E-state index is -3.56. The maximum absolute atomic E-state index is 12.3. The number of carbonyl (C=O) groups excluding carboxylic acids is 1. The number of amides is 1. The van der Waals surface area contributed by atoms with Gasteiger partial charge in [0.15, 0.2) is 0 Å². The van der Waals surface area contributed by atoms with Gasteiger partial charge in [0.25, 0.3) is 0 Å². The van der Waals surface area contributed by atoms with Crippen molar-refractivity contribution >= 4 is 27.3 Å². The summed E-state index contributed by atoms with van der Waals surface area (Å²) in [5.41, 5.74) is 3.00. The van der Waals surface area contributed by atoms with Gasteiger partial charge >= 0.3 is 0 Å². The van der Waals surface area contributed by atoms with E-state index in [1.807, 2.05) is 38.1 Å². The third-order valence-corrected chi connectivity index (χ3v) is 4.54. The lowest BCUT2D eigenvalue weighted by Gasteiger charge is -2.22. The molecule has 0 saturated carbocycles. The fourth-order valence-corrected chi connectivity index (χ4v) is 3.06. The number of benzene rings is 2. The van der Waals surface area contributed by atoms with E-state index in [-0.39, 0.29) is 12.5 Å². The van der Waals surface area contributed by atoms with Gasteiger partial charge < -0.3 is 5.32 Å². The predicted molar refractivity (Wildman–Crippen MR) is 93.2 cm³/mol. The van der Waals surface area contributed by atoms with Crippen molar-refractivity contribution < 1.29 is 13.2 Å². The first-order chi connectivity index (χ1) is 10.8. The molecule has 0 unspecified atom stereocenters. The van der Waals surface area contributed by atoms with Gasteiger partial charge in [-0.3, -0.25) is 9.10 Å². The van der Waals surface area contributed by atoms with E-state index >= 15 is 0 Å².